The fourth-order valence-electron chi connectivity index (χ4n) is 0.178. The summed E-state index contributed by atoms with van der Waals surface area (Å²) in [6.45, 7) is 1.99. The monoisotopic (exact) mass is 154 g/mol. The Labute approximate surface area is 54.5 Å². The first-order chi connectivity index (χ1) is 4.12. The van der Waals surface area contributed by atoms with E-state index >= 15 is 0 Å². The summed E-state index contributed by atoms with van der Waals surface area (Å²) in [6.07, 6.45) is 0. The molecule has 0 atom stereocenters. The maximum atomic E-state index is 10.4. The molecule has 2 N–H and O–H groups in total. The van der Waals surface area contributed by atoms with Crippen molar-refractivity contribution in [2.24, 2.45) is 0 Å². The summed E-state index contributed by atoms with van der Waals surface area (Å²) in [6, 6.07) is 0. The molecular weight excluding hydrogens is 144 g/mol. The zero-order chi connectivity index (χ0) is 7.33. The lowest BCUT2D eigenvalue weighted by Crippen LogP contribution is -2.33. The predicted molar refractivity (Wildman–Crippen MR) is 32.7 cm³/mol. The highest BCUT2D eigenvalue weighted by molar-refractivity contribution is 7.87. The van der Waals surface area contributed by atoms with Gasteiger partial charge in [-0.05, 0) is 6.92 Å². The Balaban J connectivity index is 3.61. The molecule has 0 aliphatic rings. The molecule has 9 heavy (non-hydrogen) atoms. The van der Waals surface area contributed by atoms with Crippen molar-refractivity contribution >= 4 is 10.2 Å². The van der Waals surface area contributed by atoms with Crippen molar-refractivity contribution in [3.63, 3.8) is 0 Å². The highest BCUT2D eigenvalue weighted by Crippen LogP contribution is 1.72. The molecule has 0 fully saturated rings. The Morgan fingerprint density at radius 2 is 2.11 bits per heavy atom. The van der Waals surface area contributed by atoms with Crippen LogP contribution >= 0.6 is 0 Å². The number of hydrogen-bond donors (Lipinski definition) is 2. The molecule has 0 amide bonds. The van der Waals surface area contributed by atoms with E-state index in [0.717, 1.165) is 0 Å². The molecule has 5 nitrogen and oxygen atoms in total. The summed E-state index contributed by atoms with van der Waals surface area (Å²) in [5.74, 6) is 0. The fraction of sp³-hybridized carbons (Fsp3) is 1.00. The second-order valence-corrected chi connectivity index (χ2v) is 2.81. The Bertz CT molecular complexity index is 152. The third kappa shape index (κ3) is 4.34. The minimum absolute atomic E-state index is 0.306. The highest BCUT2D eigenvalue weighted by Gasteiger charge is 2.02. The first kappa shape index (κ1) is 8.83. The average molecular weight is 154 g/mol. The zero-order valence-corrected chi connectivity index (χ0v) is 6.16. The van der Waals surface area contributed by atoms with Crippen LogP contribution in [0.2, 0.25) is 0 Å². The molecule has 0 aliphatic heterocycles. The molecule has 0 saturated heterocycles. The van der Waals surface area contributed by atoms with Gasteiger partial charge in [-0.2, -0.15) is 8.42 Å². The van der Waals surface area contributed by atoms with Crippen LogP contribution in [0.3, 0.4) is 0 Å². The maximum absolute atomic E-state index is 10.4. The Morgan fingerprint density at radius 3 is 2.44 bits per heavy atom. The Morgan fingerprint density at radius 1 is 1.56 bits per heavy atom. The molecule has 0 bridgehead atoms. The van der Waals surface area contributed by atoms with Crippen LogP contribution in [0.4, 0.5) is 0 Å². The molecule has 0 aliphatic carbocycles. The lowest BCUT2D eigenvalue weighted by molar-refractivity contribution is 0.104. The highest BCUT2D eigenvalue weighted by atomic mass is 32.2. The quantitative estimate of drug-likeness (QED) is 0.510. The van der Waals surface area contributed by atoms with Crippen molar-refractivity contribution in [1.29, 1.82) is 0 Å². The minimum Gasteiger partial charge on any atom is -0.286 e. The third-order valence-electron chi connectivity index (χ3n) is 0.582. The predicted octanol–water partition coefficient (Wildman–Crippen LogP) is -1.01. The lowest BCUT2D eigenvalue weighted by Gasteiger charge is -2.01. The third-order valence-corrected chi connectivity index (χ3v) is 1.46. The fourth-order valence-corrected chi connectivity index (χ4v) is 0.535. The van der Waals surface area contributed by atoms with E-state index in [1.807, 2.05) is 9.61 Å². The summed E-state index contributed by atoms with van der Waals surface area (Å²) in [5.41, 5.74) is 0. The van der Waals surface area contributed by atoms with E-state index < -0.39 is 10.2 Å². The van der Waals surface area contributed by atoms with E-state index in [1.54, 1.807) is 6.92 Å². The first-order valence-electron chi connectivity index (χ1n) is 2.44. The van der Waals surface area contributed by atoms with E-state index in [9.17, 15) is 8.42 Å². The van der Waals surface area contributed by atoms with Gasteiger partial charge in [0, 0.05) is 7.05 Å². The normalized spacial score (nSPS) is 11.8. The summed E-state index contributed by atoms with van der Waals surface area (Å²) >= 11 is 0. The van der Waals surface area contributed by atoms with Crippen molar-refractivity contribution in [2.45, 2.75) is 6.92 Å². The van der Waals surface area contributed by atoms with Crippen LogP contribution in [0.15, 0.2) is 0 Å². The summed E-state index contributed by atoms with van der Waals surface area (Å²) in [7, 11) is -2.11. The van der Waals surface area contributed by atoms with E-state index in [2.05, 4.69) is 4.84 Å². The van der Waals surface area contributed by atoms with Crippen molar-refractivity contribution < 1.29 is 13.3 Å². The van der Waals surface area contributed by atoms with Gasteiger partial charge in [0.1, 0.15) is 0 Å². The summed E-state index contributed by atoms with van der Waals surface area (Å²) < 4.78 is 22.8. The van der Waals surface area contributed by atoms with Gasteiger partial charge in [-0.3, -0.25) is 4.84 Å². The Hall–Kier alpha value is -0.170. The standard InChI is InChI=1S/C3H10N2O3S/c1-3-8-5-9(6,7)4-2/h4-5H,3H2,1-2H3. The van der Waals surface area contributed by atoms with Gasteiger partial charge >= 0.3 is 0 Å². The zero-order valence-electron chi connectivity index (χ0n) is 5.34. The molecule has 0 rings (SSSR count). The number of rotatable bonds is 4. The van der Waals surface area contributed by atoms with Crippen LogP contribution < -0.4 is 9.61 Å². The molecule has 0 aromatic heterocycles. The van der Waals surface area contributed by atoms with Crippen LogP contribution in [0.25, 0.3) is 0 Å². The van der Waals surface area contributed by atoms with Gasteiger partial charge in [-0.15, -0.1) is 0 Å². The minimum atomic E-state index is -3.40. The van der Waals surface area contributed by atoms with Crippen LogP contribution in [-0.2, 0) is 15.0 Å². The van der Waals surface area contributed by atoms with Crippen LogP contribution in [-0.4, -0.2) is 22.1 Å². The summed E-state index contributed by atoms with van der Waals surface area (Å²) in [5, 5.41) is 0. The van der Waals surface area contributed by atoms with Crippen LogP contribution in [0.5, 0.6) is 0 Å². The number of hydrogen-bond acceptors (Lipinski definition) is 3. The molecule has 6 heteroatoms. The van der Waals surface area contributed by atoms with E-state index in [0.29, 0.717) is 6.61 Å². The molecule has 0 saturated carbocycles. The topological polar surface area (TPSA) is 67.4 Å². The van der Waals surface area contributed by atoms with Crippen LogP contribution in [0.1, 0.15) is 6.92 Å². The molecule has 0 heterocycles. The van der Waals surface area contributed by atoms with E-state index in [1.165, 1.54) is 7.05 Å². The SMILES string of the molecule is CCONS(=O)(=O)NC. The second-order valence-electron chi connectivity index (χ2n) is 1.22. The van der Waals surface area contributed by atoms with Gasteiger partial charge in [0.25, 0.3) is 10.2 Å². The maximum Gasteiger partial charge on any atom is 0.298 e. The van der Waals surface area contributed by atoms with Crippen molar-refractivity contribution in [2.75, 3.05) is 13.7 Å². The largest absolute Gasteiger partial charge is 0.298 e. The molecule has 0 aromatic rings. The first-order valence-corrected chi connectivity index (χ1v) is 3.92. The smallest absolute Gasteiger partial charge is 0.286 e. The van der Waals surface area contributed by atoms with Gasteiger partial charge in [0.15, 0.2) is 0 Å². The van der Waals surface area contributed by atoms with E-state index in [-0.39, 0.29) is 0 Å². The Kier molecular flexibility index (Phi) is 3.71. The average Bonchev–Trinajstić information content (AvgIpc) is 1.84. The number of nitrogens with one attached hydrogen (secondary N) is 2. The molecule has 0 spiro atoms. The molecule has 56 valence electrons. The van der Waals surface area contributed by atoms with Crippen molar-refractivity contribution in [3.8, 4) is 0 Å². The molecule has 0 aromatic carbocycles. The summed E-state index contributed by atoms with van der Waals surface area (Å²) in [4.78, 5) is 6.21. The van der Waals surface area contributed by atoms with Gasteiger partial charge in [-0.25, -0.2) is 4.72 Å². The van der Waals surface area contributed by atoms with Crippen LogP contribution in [0, 0.1) is 0 Å². The van der Waals surface area contributed by atoms with Gasteiger partial charge in [0.2, 0.25) is 0 Å². The van der Waals surface area contributed by atoms with Gasteiger partial charge in [-0.1, -0.05) is 4.89 Å². The van der Waals surface area contributed by atoms with Gasteiger partial charge < -0.3 is 0 Å². The van der Waals surface area contributed by atoms with Crippen molar-refractivity contribution in [3.05, 3.63) is 0 Å². The lowest BCUT2D eigenvalue weighted by atomic mass is 10.9. The molecule has 0 radical (unpaired) electrons. The van der Waals surface area contributed by atoms with Gasteiger partial charge in [0.05, 0.1) is 6.61 Å². The molecule has 0 unspecified atom stereocenters. The second kappa shape index (κ2) is 3.78. The van der Waals surface area contributed by atoms with Crippen molar-refractivity contribution in [1.82, 2.24) is 9.61 Å². The van der Waals surface area contributed by atoms with E-state index in [4.69, 9.17) is 0 Å². The molecular formula is C3H10N2O3S.